The average Bonchev–Trinajstić information content (AvgIpc) is 2.29. The standard InChI is InChI=1S/C14H12O2/c1-10-7-12(9-13(8-10)14(15)16)11-5-3-2-4-6-11/h2-9H,1H3,(H,15,16). The second-order valence-corrected chi connectivity index (χ2v) is 3.76. The fraction of sp³-hybridized carbons (Fsp3) is 0.0714. The summed E-state index contributed by atoms with van der Waals surface area (Å²) >= 11 is 0. The van der Waals surface area contributed by atoms with Gasteiger partial charge >= 0.3 is 5.97 Å². The van der Waals surface area contributed by atoms with Crippen molar-refractivity contribution in [2.24, 2.45) is 0 Å². The van der Waals surface area contributed by atoms with Crippen molar-refractivity contribution in [3.63, 3.8) is 0 Å². The molecule has 0 saturated carbocycles. The summed E-state index contributed by atoms with van der Waals surface area (Å²) in [4.78, 5) is 10.9. The van der Waals surface area contributed by atoms with Crippen molar-refractivity contribution in [2.45, 2.75) is 6.92 Å². The highest BCUT2D eigenvalue weighted by Gasteiger charge is 2.06. The van der Waals surface area contributed by atoms with Gasteiger partial charge < -0.3 is 5.11 Å². The lowest BCUT2D eigenvalue weighted by Crippen LogP contribution is -1.97. The minimum Gasteiger partial charge on any atom is -0.478 e. The van der Waals surface area contributed by atoms with Crippen LogP contribution in [-0.2, 0) is 0 Å². The van der Waals surface area contributed by atoms with Crippen molar-refractivity contribution in [1.82, 2.24) is 0 Å². The summed E-state index contributed by atoms with van der Waals surface area (Å²) in [7, 11) is 0. The Bertz CT molecular complexity index is 516. The zero-order valence-corrected chi connectivity index (χ0v) is 8.97. The van der Waals surface area contributed by atoms with E-state index in [0.29, 0.717) is 5.56 Å². The zero-order valence-electron chi connectivity index (χ0n) is 8.97. The van der Waals surface area contributed by atoms with Gasteiger partial charge in [0.25, 0.3) is 0 Å². The van der Waals surface area contributed by atoms with Crippen LogP contribution in [0, 0.1) is 6.92 Å². The molecule has 0 saturated heterocycles. The highest BCUT2D eigenvalue weighted by molar-refractivity contribution is 5.89. The molecule has 0 aliphatic rings. The van der Waals surface area contributed by atoms with E-state index in [1.807, 2.05) is 43.3 Å². The summed E-state index contributed by atoms with van der Waals surface area (Å²) in [5.41, 5.74) is 3.27. The second kappa shape index (κ2) is 4.19. The van der Waals surface area contributed by atoms with Crippen LogP contribution in [0.2, 0.25) is 0 Å². The van der Waals surface area contributed by atoms with Crippen molar-refractivity contribution < 1.29 is 9.90 Å². The van der Waals surface area contributed by atoms with Crippen molar-refractivity contribution in [2.75, 3.05) is 0 Å². The fourth-order valence-corrected chi connectivity index (χ4v) is 1.70. The molecular weight excluding hydrogens is 200 g/mol. The molecule has 2 nitrogen and oxygen atoms in total. The van der Waals surface area contributed by atoms with Gasteiger partial charge in [0.2, 0.25) is 0 Å². The van der Waals surface area contributed by atoms with Gasteiger partial charge in [-0.05, 0) is 35.7 Å². The summed E-state index contributed by atoms with van der Waals surface area (Å²) in [6.07, 6.45) is 0. The molecule has 2 aromatic carbocycles. The Kier molecular flexibility index (Phi) is 2.73. The monoisotopic (exact) mass is 212 g/mol. The van der Waals surface area contributed by atoms with Gasteiger partial charge in [0, 0.05) is 0 Å². The first-order valence-electron chi connectivity index (χ1n) is 5.07. The molecule has 1 N–H and O–H groups in total. The van der Waals surface area contributed by atoms with Crippen LogP contribution in [-0.4, -0.2) is 11.1 Å². The maximum Gasteiger partial charge on any atom is 0.335 e. The molecule has 80 valence electrons. The maximum absolute atomic E-state index is 10.9. The Labute approximate surface area is 94.2 Å². The summed E-state index contributed by atoms with van der Waals surface area (Å²) in [5.74, 6) is -0.888. The van der Waals surface area contributed by atoms with E-state index in [1.165, 1.54) is 0 Å². The number of hydrogen-bond acceptors (Lipinski definition) is 1. The molecule has 0 aliphatic heterocycles. The van der Waals surface area contributed by atoms with E-state index in [4.69, 9.17) is 5.11 Å². The first-order valence-corrected chi connectivity index (χ1v) is 5.07. The van der Waals surface area contributed by atoms with Crippen molar-refractivity contribution >= 4 is 5.97 Å². The summed E-state index contributed by atoms with van der Waals surface area (Å²) < 4.78 is 0. The Morgan fingerprint density at radius 1 is 1.00 bits per heavy atom. The van der Waals surface area contributed by atoms with E-state index in [9.17, 15) is 4.79 Å². The number of carboxylic acid groups (broad SMARTS) is 1. The lowest BCUT2D eigenvalue weighted by atomic mass is 10.0. The lowest BCUT2D eigenvalue weighted by Gasteiger charge is -2.05. The van der Waals surface area contributed by atoms with E-state index >= 15 is 0 Å². The van der Waals surface area contributed by atoms with Crippen LogP contribution in [0.4, 0.5) is 0 Å². The Morgan fingerprint density at radius 3 is 2.31 bits per heavy atom. The summed E-state index contributed by atoms with van der Waals surface area (Å²) in [6, 6.07) is 15.1. The quantitative estimate of drug-likeness (QED) is 0.828. The topological polar surface area (TPSA) is 37.3 Å². The minimum atomic E-state index is -0.888. The Morgan fingerprint density at radius 2 is 1.69 bits per heavy atom. The van der Waals surface area contributed by atoms with Gasteiger partial charge in [-0.1, -0.05) is 36.4 Å². The number of hydrogen-bond donors (Lipinski definition) is 1. The SMILES string of the molecule is Cc1cc(C(=O)O)cc(-c2ccccc2)c1. The van der Waals surface area contributed by atoms with Gasteiger partial charge in [-0.3, -0.25) is 0 Å². The molecular formula is C14H12O2. The molecule has 0 unspecified atom stereocenters. The second-order valence-electron chi connectivity index (χ2n) is 3.76. The van der Waals surface area contributed by atoms with Crippen LogP contribution in [0.3, 0.4) is 0 Å². The minimum absolute atomic E-state index is 0.332. The molecule has 0 aromatic heterocycles. The van der Waals surface area contributed by atoms with Gasteiger partial charge in [-0.2, -0.15) is 0 Å². The van der Waals surface area contributed by atoms with Crippen LogP contribution >= 0.6 is 0 Å². The number of carbonyl (C=O) groups is 1. The van der Waals surface area contributed by atoms with E-state index in [2.05, 4.69) is 0 Å². The first kappa shape index (κ1) is 10.4. The number of aryl methyl sites for hydroxylation is 1. The molecule has 0 spiro atoms. The normalized spacial score (nSPS) is 10.1. The molecule has 16 heavy (non-hydrogen) atoms. The van der Waals surface area contributed by atoms with Gasteiger partial charge in [-0.15, -0.1) is 0 Å². The van der Waals surface area contributed by atoms with Crippen LogP contribution in [0.25, 0.3) is 11.1 Å². The molecule has 0 aliphatic carbocycles. The average molecular weight is 212 g/mol. The van der Waals surface area contributed by atoms with E-state index in [0.717, 1.165) is 16.7 Å². The third-order valence-electron chi connectivity index (χ3n) is 2.43. The van der Waals surface area contributed by atoms with Crippen LogP contribution in [0.1, 0.15) is 15.9 Å². The van der Waals surface area contributed by atoms with E-state index in [-0.39, 0.29) is 0 Å². The molecule has 2 rings (SSSR count). The molecule has 0 radical (unpaired) electrons. The number of rotatable bonds is 2. The molecule has 0 amide bonds. The van der Waals surface area contributed by atoms with Crippen molar-refractivity contribution in [3.05, 3.63) is 59.7 Å². The predicted octanol–water partition coefficient (Wildman–Crippen LogP) is 3.36. The zero-order chi connectivity index (χ0) is 11.5. The number of carboxylic acids is 1. The predicted molar refractivity (Wildman–Crippen MR) is 63.6 cm³/mol. The number of aromatic carboxylic acids is 1. The largest absolute Gasteiger partial charge is 0.478 e. The fourth-order valence-electron chi connectivity index (χ4n) is 1.70. The third kappa shape index (κ3) is 2.11. The molecule has 0 bridgehead atoms. The molecule has 2 aromatic rings. The molecule has 0 heterocycles. The summed E-state index contributed by atoms with van der Waals surface area (Å²) in [6.45, 7) is 1.90. The third-order valence-corrected chi connectivity index (χ3v) is 2.43. The van der Waals surface area contributed by atoms with Gasteiger partial charge in [-0.25, -0.2) is 4.79 Å². The van der Waals surface area contributed by atoms with Crippen LogP contribution in [0.15, 0.2) is 48.5 Å². The van der Waals surface area contributed by atoms with Gasteiger partial charge in [0.15, 0.2) is 0 Å². The molecule has 0 atom stereocenters. The van der Waals surface area contributed by atoms with Gasteiger partial charge in [0.05, 0.1) is 5.56 Å². The molecule has 0 fully saturated rings. The highest BCUT2D eigenvalue weighted by atomic mass is 16.4. The molecule has 2 heteroatoms. The Hall–Kier alpha value is -2.09. The van der Waals surface area contributed by atoms with Crippen molar-refractivity contribution in [3.8, 4) is 11.1 Å². The van der Waals surface area contributed by atoms with Crippen LogP contribution in [0.5, 0.6) is 0 Å². The number of benzene rings is 2. The smallest absolute Gasteiger partial charge is 0.335 e. The van der Waals surface area contributed by atoms with Crippen LogP contribution < -0.4 is 0 Å². The van der Waals surface area contributed by atoms with Crippen molar-refractivity contribution in [1.29, 1.82) is 0 Å². The lowest BCUT2D eigenvalue weighted by molar-refractivity contribution is 0.0697. The van der Waals surface area contributed by atoms with Gasteiger partial charge in [0.1, 0.15) is 0 Å². The van der Waals surface area contributed by atoms with E-state index < -0.39 is 5.97 Å². The maximum atomic E-state index is 10.9. The first-order chi connectivity index (χ1) is 7.66. The Balaban J connectivity index is 2.54. The van der Waals surface area contributed by atoms with E-state index in [1.54, 1.807) is 12.1 Å². The highest BCUT2D eigenvalue weighted by Crippen LogP contribution is 2.21. The summed E-state index contributed by atoms with van der Waals surface area (Å²) in [5, 5.41) is 8.98.